The molecule has 0 bridgehead atoms. The fraction of sp³-hybridized carbons (Fsp3) is 0.0714. The van der Waals surface area contributed by atoms with Crippen LogP contribution < -0.4 is 5.32 Å². The van der Waals surface area contributed by atoms with Gasteiger partial charge in [-0.25, -0.2) is 8.60 Å². The molecule has 0 heterocycles. The zero-order valence-electron chi connectivity index (χ0n) is 10.6. The lowest BCUT2D eigenvalue weighted by Crippen LogP contribution is -2.12. The predicted octanol–water partition coefficient (Wildman–Crippen LogP) is 2.97. The Balaban J connectivity index is 2.21. The van der Waals surface area contributed by atoms with Crippen molar-refractivity contribution in [3.8, 4) is 0 Å². The molecule has 0 aromatic heterocycles. The lowest BCUT2D eigenvalue weighted by Gasteiger charge is -2.07. The van der Waals surface area contributed by atoms with Crippen LogP contribution in [0.15, 0.2) is 47.4 Å². The minimum atomic E-state index is -2.12. The van der Waals surface area contributed by atoms with Gasteiger partial charge in [-0.15, -0.1) is 0 Å². The summed E-state index contributed by atoms with van der Waals surface area (Å²) in [6, 6.07) is 10.2. The number of carbonyl (C=O) groups excluding carboxylic acids is 1. The van der Waals surface area contributed by atoms with Crippen LogP contribution in [0.25, 0.3) is 0 Å². The third-order valence-electron chi connectivity index (χ3n) is 2.73. The van der Waals surface area contributed by atoms with E-state index in [1.807, 2.05) is 0 Å². The first kappa shape index (κ1) is 14.4. The van der Waals surface area contributed by atoms with Crippen LogP contribution in [-0.4, -0.2) is 14.7 Å². The van der Waals surface area contributed by atoms with E-state index < -0.39 is 22.8 Å². The molecule has 0 saturated carbocycles. The molecule has 2 aromatic rings. The monoisotopic (exact) mass is 293 g/mol. The summed E-state index contributed by atoms with van der Waals surface area (Å²) in [5.74, 6) is -0.937. The van der Waals surface area contributed by atoms with E-state index in [1.165, 1.54) is 24.3 Å². The van der Waals surface area contributed by atoms with Crippen LogP contribution in [0.5, 0.6) is 0 Å². The van der Waals surface area contributed by atoms with Gasteiger partial charge in [-0.05, 0) is 42.8 Å². The topological polar surface area (TPSA) is 66.4 Å². The first-order chi connectivity index (χ1) is 9.47. The fourth-order valence-corrected chi connectivity index (χ4v) is 2.04. The molecular weight excluding hydrogens is 281 g/mol. The number of halogens is 1. The highest BCUT2D eigenvalue weighted by molar-refractivity contribution is 7.79. The van der Waals surface area contributed by atoms with Gasteiger partial charge in [0.05, 0.1) is 4.90 Å². The summed E-state index contributed by atoms with van der Waals surface area (Å²) in [7, 11) is 0. The van der Waals surface area contributed by atoms with Crippen molar-refractivity contribution in [2.45, 2.75) is 11.8 Å². The van der Waals surface area contributed by atoms with Gasteiger partial charge in [0.15, 0.2) is 11.1 Å². The van der Waals surface area contributed by atoms with E-state index in [-0.39, 0.29) is 10.5 Å². The van der Waals surface area contributed by atoms with Gasteiger partial charge in [-0.2, -0.15) is 0 Å². The van der Waals surface area contributed by atoms with Gasteiger partial charge >= 0.3 is 0 Å². The zero-order valence-corrected chi connectivity index (χ0v) is 11.4. The van der Waals surface area contributed by atoms with Crippen molar-refractivity contribution in [2.24, 2.45) is 0 Å². The smallest absolute Gasteiger partial charge is 0.255 e. The zero-order chi connectivity index (χ0) is 14.7. The molecule has 4 nitrogen and oxygen atoms in total. The number of anilines is 1. The van der Waals surface area contributed by atoms with E-state index in [1.54, 1.807) is 19.1 Å². The molecule has 0 saturated heterocycles. The average molecular weight is 293 g/mol. The Kier molecular flexibility index (Phi) is 4.26. The maximum atomic E-state index is 13.4. The van der Waals surface area contributed by atoms with Crippen molar-refractivity contribution >= 4 is 22.7 Å². The van der Waals surface area contributed by atoms with E-state index in [9.17, 15) is 13.4 Å². The summed E-state index contributed by atoms with van der Waals surface area (Å²) in [4.78, 5) is 12.1. The van der Waals surface area contributed by atoms with Crippen LogP contribution in [0.4, 0.5) is 10.1 Å². The Morgan fingerprint density at radius 3 is 2.65 bits per heavy atom. The third-order valence-corrected chi connectivity index (χ3v) is 3.38. The molecule has 104 valence electrons. The van der Waals surface area contributed by atoms with Gasteiger partial charge in [0.2, 0.25) is 0 Å². The number of nitrogens with one attached hydrogen (secondary N) is 1. The van der Waals surface area contributed by atoms with Crippen molar-refractivity contribution in [3.63, 3.8) is 0 Å². The van der Waals surface area contributed by atoms with Crippen molar-refractivity contribution in [2.75, 3.05) is 5.32 Å². The van der Waals surface area contributed by atoms with E-state index in [4.69, 9.17) is 4.55 Å². The summed E-state index contributed by atoms with van der Waals surface area (Å²) < 4.78 is 33.3. The molecule has 0 fully saturated rings. The second-order valence-electron chi connectivity index (χ2n) is 4.20. The van der Waals surface area contributed by atoms with E-state index in [2.05, 4.69) is 5.32 Å². The molecule has 1 amide bonds. The molecule has 0 spiro atoms. The van der Waals surface area contributed by atoms with Crippen LogP contribution >= 0.6 is 0 Å². The highest BCUT2D eigenvalue weighted by Gasteiger charge is 2.09. The van der Waals surface area contributed by atoms with E-state index in [0.717, 1.165) is 6.07 Å². The standard InChI is InChI=1S/C14H12FNO3S/c1-9-5-6-10(7-13(9)15)14(17)16-11-3-2-4-12(8-11)20(18)19/h2-8H,1H3,(H,16,17)(H,18,19). The molecule has 0 aliphatic carbocycles. The highest BCUT2D eigenvalue weighted by atomic mass is 32.2. The van der Waals surface area contributed by atoms with E-state index >= 15 is 0 Å². The van der Waals surface area contributed by atoms with Crippen LogP contribution in [0.1, 0.15) is 15.9 Å². The van der Waals surface area contributed by atoms with Crippen LogP contribution in [0.2, 0.25) is 0 Å². The van der Waals surface area contributed by atoms with Gasteiger partial charge in [0.25, 0.3) is 5.91 Å². The van der Waals surface area contributed by atoms with Crippen LogP contribution in [0, 0.1) is 12.7 Å². The van der Waals surface area contributed by atoms with Crippen molar-refractivity contribution in [1.82, 2.24) is 0 Å². The molecule has 2 rings (SSSR count). The second kappa shape index (κ2) is 5.94. The fourth-order valence-electron chi connectivity index (χ4n) is 1.62. The van der Waals surface area contributed by atoms with E-state index in [0.29, 0.717) is 11.3 Å². The minimum absolute atomic E-state index is 0.179. The predicted molar refractivity (Wildman–Crippen MR) is 74.6 cm³/mol. The highest BCUT2D eigenvalue weighted by Crippen LogP contribution is 2.15. The molecule has 0 aliphatic heterocycles. The SMILES string of the molecule is Cc1ccc(C(=O)Nc2cccc(S(=O)O)c2)cc1F. The Morgan fingerprint density at radius 1 is 1.25 bits per heavy atom. The van der Waals surface area contributed by atoms with Gasteiger partial charge in [-0.3, -0.25) is 4.79 Å². The first-order valence-corrected chi connectivity index (χ1v) is 6.86. The molecule has 1 atom stereocenters. The summed E-state index contributed by atoms with van der Waals surface area (Å²) in [6.45, 7) is 1.61. The molecule has 0 radical (unpaired) electrons. The quantitative estimate of drug-likeness (QED) is 0.855. The molecular formula is C14H12FNO3S. The summed E-state index contributed by atoms with van der Waals surface area (Å²) in [6.07, 6.45) is 0. The van der Waals surface area contributed by atoms with Gasteiger partial charge in [0, 0.05) is 11.3 Å². The Morgan fingerprint density at radius 2 is 2.00 bits per heavy atom. The Labute approximate surface area is 117 Å². The second-order valence-corrected chi connectivity index (χ2v) is 5.16. The molecule has 20 heavy (non-hydrogen) atoms. The van der Waals surface area contributed by atoms with Crippen molar-refractivity contribution < 1.29 is 17.9 Å². The van der Waals surface area contributed by atoms with Gasteiger partial charge in [-0.1, -0.05) is 12.1 Å². The van der Waals surface area contributed by atoms with Gasteiger partial charge < -0.3 is 9.87 Å². The number of hydrogen-bond donors (Lipinski definition) is 2. The Hall–Kier alpha value is -2.05. The first-order valence-electron chi connectivity index (χ1n) is 5.76. The Bertz CT molecular complexity index is 688. The lowest BCUT2D eigenvalue weighted by atomic mass is 10.1. The number of benzene rings is 2. The molecule has 2 aromatic carbocycles. The van der Waals surface area contributed by atoms with Crippen LogP contribution in [0.3, 0.4) is 0 Å². The largest absolute Gasteiger partial charge is 0.322 e. The summed E-state index contributed by atoms with van der Waals surface area (Å²) in [5.41, 5.74) is 1.01. The normalized spacial score (nSPS) is 11.9. The third kappa shape index (κ3) is 3.28. The van der Waals surface area contributed by atoms with Crippen molar-refractivity contribution in [3.05, 3.63) is 59.4 Å². The number of carbonyl (C=O) groups is 1. The van der Waals surface area contributed by atoms with Crippen molar-refractivity contribution in [1.29, 1.82) is 0 Å². The molecule has 6 heteroatoms. The summed E-state index contributed by atoms with van der Waals surface area (Å²) in [5, 5.41) is 2.55. The minimum Gasteiger partial charge on any atom is -0.322 e. The van der Waals surface area contributed by atoms with Gasteiger partial charge in [0.1, 0.15) is 5.82 Å². The summed E-state index contributed by atoms with van der Waals surface area (Å²) >= 11 is -2.12. The number of rotatable bonds is 3. The molecule has 0 aliphatic rings. The maximum Gasteiger partial charge on any atom is 0.255 e. The lowest BCUT2D eigenvalue weighted by molar-refractivity contribution is 0.102. The number of aryl methyl sites for hydroxylation is 1. The number of amides is 1. The molecule has 2 N–H and O–H groups in total. The average Bonchev–Trinajstić information content (AvgIpc) is 2.42. The van der Waals surface area contributed by atoms with Crippen LogP contribution in [-0.2, 0) is 11.1 Å². The maximum absolute atomic E-state index is 13.4. The number of hydrogen-bond acceptors (Lipinski definition) is 2. The molecule has 1 unspecified atom stereocenters.